The van der Waals surface area contributed by atoms with Crippen LogP contribution in [0.4, 0.5) is 10.1 Å². The molecule has 1 heterocycles. The fourth-order valence-corrected chi connectivity index (χ4v) is 2.24. The summed E-state index contributed by atoms with van der Waals surface area (Å²) in [6.45, 7) is 1.50. The molecule has 1 aliphatic heterocycles. The second kappa shape index (κ2) is 5.21. The van der Waals surface area contributed by atoms with E-state index in [0.29, 0.717) is 12.2 Å². The third kappa shape index (κ3) is 2.89. The van der Waals surface area contributed by atoms with E-state index in [1.807, 2.05) is 0 Å². The van der Waals surface area contributed by atoms with Crippen molar-refractivity contribution in [2.24, 2.45) is 5.92 Å². The van der Waals surface area contributed by atoms with Gasteiger partial charge in [-0.2, -0.15) is 0 Å². The molecular weight excluding hydrogens is 266 g/mol. The monoisotopic (exact) mass is 276 g/mol. The fourth-order valence-electron chi connectivity index (χ4n) is 1.75. The molecule has 0 spiro atoms. The summed E-state index contributed by atoms with van der Waals surface area (Å²) in [6.07, 6.45) is 0.800. The number of rotatable bonds is 2. The smallest absolute Gasteiger partial charge is 0.228 e. The van der Waals surface area contributed by atoms with Crippen LogP contribution in [0.15, 0.2) is 12.1 Å². The molecule has 1 fully saturated rings. The van der Waals surface area contributed by atoms with E-state index in [1.54, 1.807) is 0 Å². The van der Waals surface area contributed by atoms with E-state index < -0.39 is 5.82 Å². The molecule has 6 heteroatoms. The van der Waals surface area contributed by atoms with Crippen LogP contribution in [0.5, 0.6) is 0 Å². The maximum Gasteiger partial charge on any atom is 0.228 e. The molecular formula is C11H11Cl2FN2O. The zero-order valence-corrected chi connectivity index (χ0v) is 10.4. The molecule has 1 aromatic carbocycles. The van der Waals surface area contributed by atoms with Gasteiger partial charge >= 0.3 is 0 Å². The van der Waals surface area contributed by atoms with Gasteiger partial charge in [0, 0.05) is 12.2 Å². The second-order valence-corrected chi connectivity index (χ2v) is 4.75. The summed E-state index contributed by atoms with van der Waals surface area (Å²) in [5.41, 5.74) is 0.415. The lowest BCUT2D eigenvalue weighted by molar-refractivity contribution is -0.119. The van der Waals surface area contributed by atoms with E-state index in [4.69, 9.17) is 23.2 Å². The van der Waals surface area contributed by atoms with Gasteiger partial charge in [0.2, 0.25) is 5.91 Å². The van der Waals surface area contributed by atoms with Crippen LogP contribution >= 0.6 is 23.2 Å². The van der Waals surface area contributed by atoms with Crippen molar-refractivity contribution in [1.82, 2.24) is 5.32 Å². The van der Waals surface area contributed by atoms with Crippen molar-refractivity contribution in [2.45, 2.75) is 6.42 Å². The highest BCUT2D eigenvalue weighted by Crippen LogP contribution is 2.27. The predicted molar refractivity (Wildman–Crippen MR) is 66.0 cm³/mol. The summed E-state index contributed by atoms with van der Waals surface area (Å²) >= 11 is 11.3. The van der Waals surface area contributed by atoms with Crippen molar-refractivity contribution < 1.29 is 9.18 Å². The molecule has 1 aromatic rings. The summed E-state index contributed by atoms with van der Waals surface area (Å²) < 4.78 is 13.2. The van der Waals surface area contributed by atoms with E-state index >= 15 is 0 Å². The van der Waals surface area contributed by atoms with Gasteiger partial charge in [-0.15, -0.1) is 0 Å². The first kappa shape index (κ1) is 12.6. The number of amides is 1. The summed E-state index contributed by atoms with van der Waals surface area (Å²) in [6, 6.07) is 2.70. The first-order valence-electron chi connectivity index (χ1n) is 5.24. The summed E-state index contributed by atoms with van der Waals surface area (Å²) in [5, 5.41) is 5.58. The minimum Gasteiger partial charge on any atom is -0.326 e. The van der Waals surface area contributed by atoms with Crippen LogP contribution in [-0.4, -0.2) is 19.0 Å². The third-order valence-electron chi connectivity index (χ3n) is 2.68. The molecule has 1 saturated heterocycles. The highest BCUT2D eigenvalue weighted by atomic mass is 35.5. The Labute approximate surface area is 108 Å². The van der Waals surface area contributed by atoms with Gasteiger partial charge in [-0.05, 0) is 25.1 Å². The zero-order valence-electron chi connectivity index (χ0n) is 8.90. The van der Waals surface area contributed by atoms with Crippen LogP contribution < -0.4 is 10.6 Å². The van der Waals surface area contributed by atoms with Crippen molar-refractivity contribution in [3.05, 3.63) is 28.0 Å². The number of halogens is 3. The Morgan fingerprint density at radius 1 is 1.41 bits per heavy atom. The van der Waals surface area contributed by atoms with Gasteiger partial charge in [-0.25, -0.2) is 4.39 Å². The quantitative estimate of drug-likeness (QED) is 0.816. The topological polar surface area (TPSA) is 41.1 Å². The first-order chi connectivity index (χ1) is 8.08. The van der Waals surface area contributed by atoms with Gasteiger partial charge in [0.05, 0.1) is 16.0 Å². The second-order valence-electron chi connectivity index (χ2n) is 3.93. The van der Waals surface area contributed by atoms with Gasteiger partial charge < -0.3 is 10.6 Å². The molecule has 0 aliphatic carbocycles. The van der Waals surface area contributed by atoms with Crippen LogP contribution in [0, 0.1) is 11.7 Å². The normalized spacial score (nSPS) is 19.4. The number of carbonyl (C=O) groups excluding carboxylic acids is 1. The molecule has 1 unspecified atom stereocenters. The number of nitrogens with one attached hydrogen (secondary N) is 2. The molecule has 0 saturated carbocycles. The van der Waals surface area contributed by atoms with E-state index in [1.165, 1.54) is 12.1 Å². The molecule has 1 atom stereocenters. The lowest BCUT2D eigenvalue weighted by Crippen LogP contribution is -2.24. The number of carbonyl (C=O) groups is 1. The van der Waals surface area contributed by atoms with Crippen molar-refractivity contribution in [3.63, 3.8) is 0 Å². The Morgan fingerprint density at radius 2 is 2.06 bits per heavy atom. The lowest BCUT2D eigenvalue weighted by atomic mass is 10.1. The maximum atomic E-state index is 13.2. The Bertz CT molecular complexity index is 424. The average Bonchev–Trinajstić information content (AvgIpc) is 2.79. The van der Waals surface area contributed by atoms with Crippen LogP contribution in [0.1, 0.15) is 6.42 Å². The van der Waals surface area contributed by atoms with Crippen LogP contribution in [0.25, 0.3) is 0 Å². The van der Waals surface area contributed by atoms with Crippen LogP contribution in [-0.2, 0) is 4.79 Å². The average molecular weight is 277 g/mol. The Kier molecular flexibility index (Phi) is 3.86. The summed E-state index contributed by atoms with van der Waals surface area (Å²) in [5.74, 6) is -0.833. The molecule has 0 radical (unpaired) electrons. The number of hydrogen-bond donors (Lipinski definition) is 2. The minimum absolute atomic E-state index is 0.0578. The lowest BCUT2D eigenvalue weighted by Gasteiger charge is -2.10. The molecule has 0 aromatic heterocycles. The molecule has 2 rings (SSSR count). The molecule has 1 aliphatic rings. The van der Waals surface area contributed by atoms with E-state index in [-0.39, 0.29) is 21.9 Å². The molecule has 17 heavy (non-hydrogen) atoms. The highest BCUT2D eigenvalue weighted by molar-refractivity contribution is 6.35. The SMILES string of the molecule is O=C(Nc1cc(Cl)c(F)c(Cl)c1)C1CCNC1. The minimum atomic E-state index is -0.672. The van der Waals surface area contributed by atoms with Crippen molar-refractivity contribution in [3.8, 4) is 0 Å². The molecule has 0 bridgehead atoms. The Balaban J connectivity index is 2.10. The fraction of sp³-hybridized carbons (Fsp3) is 0.364. The highest BCUT2D eigenvalue weighted by Gasteiger charge is 2.22. The van der Waals surface area contributed by atoms with Gasteiger partial charge in [-0.1, -0.05) is 23.2 Å². The van der Waals surface area contributed by atoms with E-state index in [0.717, 1.165) is 13.0 Å². The summed E-state index contributed by atoms with van der Waals surface area (Å²) in [4.78, 5) is 11.8. The molecule has 92 valence electrons. The number of anilines is 1. The van der Waals surface area contributed by atoms with Crippen molar-refractivity contribution in [1.29, 1.82) is 0 Å². The van der Waals surface area contributed by atoms with Crippen molar-refractivity contribution in [2.75, 3.05) is 18.4 Å². The van der Waals surface area contributed by atoms with Gasteiger partial charge in [-0.3, -0.25) is 4.79 Å². The molecule has 2 N–H and O–H groups in total. The molecule has 3 nitrogen and oxygen atoms in total. The standard InChI is InChI=1S/C11H11Cl2FN2O/c12-8-3-7(4-9(13)10(8)14)16-11(17)6-1-2-15-5-6/h3-4,6,15H,1-2,5H2,(H,16,17). The zero-order chi connectivity index (χ0) is 12.4. The predicted octanol–water partition coefficient (Wildman–Crippen LogP) is 2.68. The van der Waals surface area contributed by atoms with E-state index in [9.17, 15) is 9.18 Å². The van der Waals surface area contributed by atoms with E-state index in [2.05, 4.69) is 10.6 Å². The largest absolute Gasteiger partial charge is 0.326 e. The van der Waals surface area contributed by atoms with Gasteiger partial charge in [0.1, 0.15) is 0 Å². The Hall–Kier alpha value is -0.840. The van der Waals surface area contributed by atoms with Crippen LogP contribution in [0.2, 0.25) is 10.0 Å². The van der Waals surface area contributed by atoms with Crippen molar-refractivity contribution >= 4 is 34.8 Å². The molecule has 1 amide bonds. The third-order valence-corrected chi connectivity index (χ3v) is 3.23. The number of hydrogen-bond acceptors (Lipinski definition) is 2. The summed E-state index contributed by atoms with van der Waals surface area (Å²) in [7, 11) is 0. The Morgan fingerprint density at radius 3 is 2.59 bits per heavy atom. The van der Waals surface area contributed by atoms with Crippen LogP contribution in [0.3, 0.4) is 0 Å². The van der Waals surface area contributed by atoms with Gasteiger partial charge in [0.25, 0.3) is 0 Å². The first-order valence-corrected chi connectivity index (χ1v) is 5.99. The number of benzene rings is 1. The maximum absolute atomic E-state index is 13.2. The van der Waals surface area contributed by atoms with Gasteiger partial charge in [0.15, 0.2) is 5.82 Å².